The van der Waals surface area contributed by atoms with E-state index in [0.29, 0.717) is 23.9 Å². The number of aromatic nitrogens is 1. The topological polar surface area (TPSA) is 79.7 Å². The van der Waals surface area contributed by atoms with Crippen molar-refractivity contribution in [3.8, 4) is 5.75 Å². The third-order valence-electron chi connectivity index (χ3n) is 4.89. The first-order chi connectivity index (χ1) is 12.4. The molecule has 136 valence electrons. The molecule has 0 radical (unpaired) electrons. The Bertz CT molecular complexity index is 830. The van der Waals surface area contributed by atoms with Crippen LogP contribution in [0.1, 0.15) is 40.3 Å². The number of ether oxygens (including phenoxy) is 1. The number of hydrogen-bond donors (Lipinski definition) is 1. The number of carboxylic acid groups (broad SMARTS) is 1. The third kappa shape index (κ3) is 3.40. The molecule has 1 aliphatic rings. The minimum atomic E-state index is -1.11. The molecule has 6 heteroatoms. The summed E-state index contributed by atoms with van der Waals surface area (Å²) in [5.41, 5.74) is 2.25. The zero-order valence-corrected chi connectivity index (χ0v) is 15.1. The number of amides is 1. The number of hydrogen-bond acceptors (Lipinski definition) is 4. The quantitative estimate of drug-likeness (QED) is 0.911. The molecule has 1 unspecified atom stereocenters. The highest BCUT2D eigenvalue weighted by Gasteiger charge is 2.31. The second kappa shape index (κ2) is 7.15. The summed E-state index contributed by atoms with van der Waals surface area (Å²) in [7, 11) is 1.63. The predicted molar refractivity (Wildman–Crippen MR) is 97.9 cm³/mol. The van der Waals surface area contributed by atoms with Crippen LogP contribution in [0.25, 0.3) is 0 Å². The number of nitrogens with zero attached hydrogens (tertiary/aromatic N) is 2. The molecule has 3 rings (SSSR count). The van der Waals surface area contributed by atoms with Crippen LogP contribution in [-0.4, -0.2) is 35.6 Å². The summed E-state index contributed by atoms with van der Waals surface area (Å²) in [6.07, 6.45) is 2.22. The molecule has 1 aromatic carbocycles. The van der Waals surface area contributed by atoms with Crippen LogP contribution in [0.4, 0.5) is 5.69 Å². The Balaban J connectivity index is 1.97. The number of pyridine rings is 1. The van der Waals surface area contributed by atoms with Crippen LogP contribution in [-0.2, 0) is 6.42 Å². The van der Waals surface area contributed by atoms with E-state index in [0.717, 1.165) is 23.4 Å². The molecule has 0 saturated heterocycles. The maximum absolute atomic E-state index is 13.1. The lowest BCUT2D eigenvalue weighted by Gasteiger charge is -2.36. The van der Waals surface area contributed by atoms with E-state index >= 15 is 0 Å². The number of benzene rings is 1. The molecule has 1 aromatic heterocycles. The van der Waals surface area contributed by atoms with Crippen molar-refractivity contribution in [1.82, 2.24) is 4.98 Å². The van der Waals surface area contributed by atoms with Crippen LogP contribution in [0.3, 0.4) is 0 Å². The molecule has 1 N–H and O–H groups in total. The van der Waals surface area contributed by atoms with Crippen LogP contribution in [0.15, 0.2) is 36.5 Å². The van der Waals surface area contributed by atoms with Crippen LogP contribution >= 0.6 is 0 Å². The Morgan fingerprint density at radius 1 is 1.27 bits per heavy atom. The van der Waals surface area contributed by atoms with Crippen molar-refractivity contribution in [2.24, 2.45) is 11.8 Å². The van der Waals surface area contributed by atoms with Gasteiger partial charge in [-0.15, -0.1) is 0 Å². The summed E-state index contributed by atoms with van der Waals surface area (Å²) in [6.45, 7) is 4.93. The Morgan fingerprint density at radius 3 is 2.62 bits per heavy atom. The number of rotatable bonds is 4. The van der Waals surface area contributed by atoms with Gasteiger partial charge in [0.1, 0.15) is 11.4 Å². The van der Waals surface area contributed by atoms with Crippen molar-refractivity contribution in [2.75, 3.05) is 18.6 Å². The first kappa shape index (κ1) is 17.9. The lowest BCUT2D eigenvalue weighted by atomic mass is 9.84. The highest BCUT2D eigenvalue weighted by atomic mass is 16.5. The molecule has 0 bridgehead atoms. The van der Waals surface area contributed by atoms with E-state index in [-0.39, 0.29) is 11.6 Å². The second-order valence-corrected chi connectivity index (χ2v) is 6.86. The van der Waals surface area contributed by atoms with E-state index in [4.69, 9.17) is 9.84 Å². The third-order valence-corrected chi connectivity index (χ3v) is 4.89. The Morgan fingerprint density at radius 2 is 2.04 bits per heavy atom. The van der Waals surface area contributed by atoms with Gasteiger partial charge in [0, 0.05) is 18.4 Å². The van der Waals surface area contributed by atoms with E-state index in [1.54, 1.807) is 12.0 Å². The Labute approximate surface area is 152 Å². The molecule has 2 aromatic rings. The standard InChI is InChI=1S/C20H22N2O4/c1-12(2)15-8-14-9-16(26-3)5-7-18(14)22(11-15)19(23)13-4-6-17(20(24)25)21-10-13/h4-7,9-10,12,15H,8,11H2,1-3H3,(H,24,25). The largest absolute Gasteiger partial charge is 0.497 e. The monoisotopic (exact) mass is 354 g/mol. The van der Waals surface area contributed by atoms with Crippen molar-refractivity contribution in [2.45, 2.75) is 20.3 Å². The lowest BCUT2D eigenvalue weighted by Crippen LogP contribution is -2.41. The van der Waals surface area contributed by atoms with Crippen molar-refractivity contribution in [3.63, 3.8) is 0 Å². The molecule has 0 saturated carbocycles. The zero-order valence-electron chi connectivity index (χ0n) is 15.1. The first-order valence-electron chi connectivity index (χ1n) is 8.58. The molecular weight excluding hydrogens is 332 g/mol. The number of carboxylic acids is 1. The second-order valence-electron chi connectivity index (χ2n) is 6.86. The van der Waals surface area contributed by atoms with Gasteiger partial charge in [-0.3, -0.25) is 4.79 Å². The number of aromatic carboxylic acids is 1. The zero-order chi connectivity index (χ0) is 18.8. The van der Waals surface area contributed by atoms with Gasteiger partial charge < -0.3 is 14.7 Å². The molecule has 0 spiro atoms. The average Bonchev–Trinajstić information content (AvgIpc) is 2.65. The molecule has 0 fully saturated rings. The molecule has 1 atom stereocenters. The summed E-state index contributed by atoms with van der Waals surface area (Å²) in [5, 5.41) is 8.97. The van der Waals surface area contributed by atoms with E-state index in [9.17, 15) is 9.59 Å². The number of carbonyl (C=O) groups is 2. The molecular formula is C20H22N2O4. The SMILES string of the molecule is COc1ccc2c(c1)CC(C(C)C)CN2C(=O)c1ccc(C(=O)O)nc1. The molecule has 0 aliphatic carbocycles. The number of methoxy groups -OCH3 is 1. The van der Waals surface area contributed by atoms with E-state index in [2.05, 4.69) is 18.8 Å². The van der Waals surface area contributed by atoms with Crippen LogP contribution in [0, 0.1) is 11.8 Å². The van der Waals surface area contributed by atoms with Gasteiger partial charge in [-0.25, -0.2) is 9.78 Å². The molecule has 6 nitrogen and oxygen atoms in total. The number of carbonyl (C=O) groups excluding carboxylic acids is 1. The van der Waals surface area contributed by atoms with Crippen molar-refractivity contribution in [1.29, 1.82) is 0 Å². The summed E-state index contributed by atoms with van der Waals surface area (Å²) in [5.74, 6) is 0.250. The maximum Gasteiger partial charge on any atom is 0.354 e. The van der Waals surface area contributed by atoms with Gasteiger partial charge in [0.15, 0.2) is 0 Å². The van der Waals surface area contributed by atoms with Gasteiger partial charge in [-0.1, -0.05) is 13.8 Å². The minimum Gasteiger partial charge on any atom is -0.497 e. The van der Waals surface area contributed by atoms with Gasteiger partial charge in [-0.05, 0) is 54.2 Å². The highest BCUT2D eigenvalue weighted by molar-refractivity contribution is 6.07. The number of fused-ring (bicyclic) bond motifs is 1. The van der Waals surface area contributed by atoms with Gasteiger partial charge in [0.05, 0.1) is 12.7 Å². The highest BCUT2D eigenvalue weighted by Crippen LogP contribution is 2.35. The Hall–Kier alpha value is -2.89. The fraction of sp³-hybridized carbons (Fsp3) is 0.350. The number of anilines is 1. The van der Waals surface area contributed by atoms with Crippen molar-refractivity contribution >= 4 is 17.6 Å². The molecule has 26 heavy (non-hydrogen) atoms. The maximum atomic E-state index is 13.1. The molecule has 1 amide bonds. The smallest absolute Gasteiger partial charge is 0.354 e. The summed E-state index contributed by atoms with van der Waals surface area (Å²) >= 11 is 0. The van der Waals surface area contributed by atoms with Gasteiger partial charge >= 0.3 is 5.97 Å². The van der Waals surface area contributed by atoms with E-state index in [1.165, 1.54) is 18.3 Å². The van der Waals surface area contributed by atoms with Crippen LogP contribution in [0.2, 0.25) is 0 Å². The van der Waals surface area contributed by atoms with E-state index in [1.807, 2.05) is 18.2 Å². The van der Waals surface area contributed by atoms with Crippen LogP contribution in [0.5, 0.6) is 5.75 Å². The van der Waals surface area contributed by atoms with Gasteiger partial charge in [-0.2, -0.15) is 0 Å². The van der Waals surface area contributed by atoms with Gasteiger partial charge in [0.25, 0.3) is 5.91 Å². The van der Waals surface area contributed by atoms with Gasteiger partial charge in [0.2, 0.25) is 0 Å². The van der Waals surface area contributed by atoms with Crippen molar-refractivity contribution in [3.05, 3.63) is 53.3 Å². The Kier molecular flexibility index (Phi) is 4.93. The predicted octanol–water partition coefficient (Wildman–Crippen LogP) is 3.26. The van der Waals surface area contributed by atoms with E-state index < -0.39 is 5.97 Å². The molecule has 2 heterocycles. The average molecular weight is 354 g/mol. The first-order valence-corrected chi connectivity index (χ1v) is 8.58. The normalized spacial score (nSPS) is 16.3. The molecule has 1 aliphatic heterocycles. The van der Waals surface area contributed by atoms with Crippen molar-refractivity contribution < 1.29 is 19.4 Å². The summed E-state index contributed by atoms with van der Waals surface area (Å²) in [6, 6.07) is 8.60. The summed E-state index contributed by atoms with van der Waals surface area (Å²) in [4.78, 5) is 29.7. The fourth-order valence-corrected chi connectivity index (χ4v) is 3.24. The van der Waals surface area contributed by atoms with Crippen LogP contribution < -0.4 is 9.64 Å². The lowest BCUT2D eigenvalue weighted by molar-refractivity contribution is 0.0689. The summed E-state index contributed by atoms with van der Waals surface area (Å²) < 4.78 is 5.32. The minimum absolute atomic E-state index is 0.0783. The fourth-order valence-electron chi connectivity index (χ4n) is 3.24.